The molecule has 0 unspecified atom stereocenters. The van der Waals surface area contributed by atoms with Crippen molar-refractivity contribution >= 4 is 66.5 Å². The number of rotatable bonds is 1. The van der Waals surface area contributed by atoms with Crippen LogP contribution in [0.5, 0.6) is 0 Å². The summed E-state index contributed by atoms with van der Waals surface area (Å²) < 4.78 is 0. The molecule has 0 aliphatic heterocycles. The monoisotopic (exact) mass is 204 g/mol. The third-order valence-electron chi connectivity index (χ3n) is 2.66. The molecule has 0 N–H and O–H groups in total. The van der Waals surface area contributed by atoms with Crippen molar-refractivity contribution < 1.29 is 0 Å². The Labute approximate surface area is 108 Å². The summed E-state index contributed by atoms with van der Waals surface area (Å²) in [5.41, 5.74) is 3.90. The van der Waals surface area contributed by atoms with E-state index in [-0.39, 0.29) is 0 Å². The highest BCUT2D eigenvalue weighted by Gasteiger charge is 2.08. The van der Waals surface area contributed by atoms with Gasteiger partial charge in [-0.1, -0.05) is 52.2 Å². The van der Waals surface area contributed by atoms with Crippen LogP contribution < -0.4 is 27.3 Å². The lowest BCUT2D eigenvalue weighted by atomic mass is 9.69. The minimum absolute atomic E-state index is 0.419. The molecular formula is C12H5B5. The van der Waals surface area contributed by atoms with Crippen LogP contribution in [0.1, 0.15) is 0 Å². The molecule has 2 aromatic carbocycles. The molecule has 0 amide bonds. The second kappa shape index (κ2) is 4.56. The van der Waals surface area contributed by atoms with Crippen LogP contribution in [0.15, 0.2) is 30.3 Å². The van der Waals surface area contributed by atoms with E-state index in [1.807, 2.05) is 0 Å². The highest BCUT2D eigenvalue weighted by molar-refractivity contribution is 6.54. The van der Waals surface area contributed by atoms with Crippen LogP contribution in [0.2, 0.25) is 0 Å². The van der Waals surface area contributed by atoms with Gasteiger partial charge in [0.2, 0.25) is 0 Å². The van der Waals surface area contributed by atoms with Gasteiger partial charge in [-0.25, -0.2) is 0 Å². The standard InChI is InChI=1S/C12H5B5/c13-6-1-2-8(14)7(5-6)11-9(15)3-4-10(16)12(11)17/h1-5H. The van der Waals surface area contributed by atoms with Gasteiger partial charge in [-0.3, -0.25) is 0 Å². The van der Waals surface area contributed by atoms with Gasteiger partial charge >= 0.3 is 0 Å². The highest BCUT2D eigenvalue weighted by atomic mass is 14.1. The second-order valence-corrected chi connectivity index (χ2v) is 3.88. The maximum atomic E-state index is 5.93. The summed E-state index contributed by atoms with van der Waals surface area (Å²) in [5.74, 6) is 0. The Morgan fingerprint density at radius 2 is 1.24 bits per heavy atom. The van der Waals surface area contributed by atoms with Crippen LogP contribution >= 0.6 is 0 Å². The first-order valence-corrected chi connectivity index (χ1v) is 5.09. The molecule has 0 saturated carbocycles. The molecule has 0 aliphatic carbocycles. The zero-order chi connectivity index (χ0) is 12.6. The molecule has 0 fully saturated rings. The van der Waals surface area contributed by atoms with Gasteiger partial charge < -0.3 is 0 Å². The van der Waals surface area contributed by atoms with Gasteiger partial charge in [-0.15, -0.1) is 5.46 Å². The molecule has 0 aliphatic rings. The van der Waals surface area contributed by atoms with Crippen LogP contribution in [-0.2, 0) is 0 Å². The molecule has 0 aromatic heterocycles. The average Bonchev–Trinajstić information content (AvgIpc) is 2.29. The number of hydrogen-bond donors (Lipinski definition) is 0. The Morgan fingerprint density at radius 1 is 0.647 bits per heavy atom. The molecule has 5 heteroatoms. The van der Waals surface area contributed by atoms with E-state index in [1.54, 1.807) is 30.3 Å². The van der Waals surface area contributed by atoms with Crippen LogP contribution in [0.3, 0.4) is 0 Å². The van der Waals surface area contributed by atoms with Crippen LogP contribution in [0.25, 0.3) is 11.1 Å². The molecular weight excluding hydrogens is 198 g/mol. The smallest absolute Gasteiger partial charge is 0.103 e. The molecule has 2 rings (SSSR count). The molecule has 0 saturated heterocycles. The third kappa shape index (κ3) is 2.24. The molecule has 0 nitrogen and oxygen atoms in total. The lowest BCUT2D eigenvalue weighted by Gasteiger charge is -2.17. The second-order valence-electron chi connectivity index (χ2n) is 3.88. The van der Waals surface area contributed by atoms with Crippen molar-refractivity contribution in [1.82, 2.24) is 0 Å². The summed E-state index contributed by atoms with van der Waals surface area (Å²) in [5, 5.41) is 0. The van der Waals surface area contributed by atoms with E-state index in [0.29, 0.717) is 38.4 Å². The molecule has 0 atom stereocenters. The zero-order valence-corrected chi connectivity index (χ0v) is 9.27. The summed E-state index contributed by atoms with van der Waals surface area (Å²) in [4.78, 5) is 0. The molecule has 10 radical (unpaired) electrons. The summed E-state index contributed by atoms with van der Waals surface area (Å²) >= 11 is 0. The van der Waals surface area contributed by atoms with Gasteiger partial charge in [0.1, 0.15) is 39.2 Å². The fraction of sp³-hybridized carbons (Fsp3) is 0. The molecule has 0 heterocycles. The Morgan fingerprint density at radius 3 is 1.94 bits per heavy atom. The predicted molar refractivity (Wildman–Crippen MR) is 78.8 cm³/mol. The molecule has 0 spiro atoms. The van der Waals surface area contributed by atoms with Gasteiger partial charge in [0, 0.05) is 0 Å². The Bertz CT molecular complexity index is 577. The molecule has 17 heavy (non-hydrogen) atoms. The fourth-order valence-electron chi connectivity index (χ4n) is 1.74. The van der Waals surface area contributed by atoms with E-state index in [9.17, 15) is 0 Å². The minimum Gasteiger partial charge on any atom is -0.103 e. The highest BCUT2D eigenvalue weighted by Crippen LogP contribution is 2.09. The van der Waals surface area contributed by atoms with Gasteiger partial charge in [-0.05, 0) is 11.1 Å². The van der Waals surface area contributed by atoms with E-state index in [0.717, 1.165) is 0 Å². The Kier molecular flexibility index (Phi) is 3.28. The summed E-state index contributed by atoms with van der Waals surface area (Å²) in [7, 11) is 29.2. The Hall–Kier alpha value is -1.24. The molecule has 2 aromatic rings. The lowest BCUT2D eigenvalue weighted by molar-refractivity contribution is 1.77. The van der Waals surface area contributed by atoms with Gasteiger partial charge in [0.05, 0.1) is 0 Å². The van der Waals surface area contributed by atoms with Crippen LogP contribution in [0.4, 0.5) is 0 Å². The van der Waals surface area contributed by atoms with Crippen molar-refractivity contribution in [3.8, 4) is 11.1 Å². The van der Waals surface area contributed by atoms with Gasteiger partial charge in [0.25, 0.3) is 0 Å². The lowest BCUT2D eigenvalue weighted by Crippen LogP contribution is -2.34. The van der Waals surface area contributed by atoms with E-state index in [2.05, 4.69) is 0 Å². The maximum Gasteiger partial charge on any atom is 0.114 e. The fourth-order valence-corrected chi connectivity index (χ4v) is 1.74. The van der Waals surface area contributed by atoms with Crippen LogP contribution in [-0.4, -0.2) is 39.2 Å². The predicted octanol–water partition coefficient (Wildman–Crippen LogP) is -2.68. The molecule has 0 bridgehead atoms. The first-order chi connectivity index (χ1) is 8.00. The largest absolute Gasteiger partial charge is 0.114 e. The van der Waals surface area contributed by atoms with Crippen molar-refractivity contribution in [3.63, 3.8) is 0 Å². The number of benzene rings is 2. The summed E-state index contributed by atoms with van der Waals surface area (Å²) in [6.45, 7) is 0. The zero-order valence-electron chi connectivity index (χ0n) is 9.27. The van der Waals surface area contributed by atoms with Crippen molar-refractivity contribution in [2.24, 2.45) is 0 Å². The van der Waals surface area contributed by atoms with E-state index in [4.69, 9.17) is 39.2 Å². The van der Waals surface area contributed by atoms with E-state index in [1.165, 1.54) is 0 Å². The first-order valence-electron chi connectivity index (χ1n) is 5.09. The topological polar surface area (TPSA) is 0 Å². The number of hydrogen-bond acceptors (Lipinski definition) is 0. The SMILES string of the molecule is [B]c1ccc([B])c(-c2c([B])ccc([B])c2[B])c1. The van der Waals surface area contributed by atoms with Crippen LogP contribution in [0, 0.1) is 0 Å². The minimum atomic E-state index is 0.419. The maximum absolute atomic E-state index is 5.93. The van der Waals surface area contributed by atoms with Gasteiger partial charge in [-0.2, -0.15) is 0 Å². The van der Waals surface area contributed by atoms with Crippen molar-refractivity contribution in [1.29, 1.82) is 0 Å². The quantitative estimate of drug-likeness (QED) is 0.443. The molecule has 68 valence electrons. The normalized spacial score (nSPS) is 10.4. The summed E-state index contributed by atoms with van der Waals surface area (Å²) in [6, 6.07) is 8.53. The third-order valence-corrected chi connectivity index (χ3v) is 2.66. The van der Waals surface area contributed by atoms with Gasteiger partial charge in [0.15, 0.2) is 0 Å². The van der Waals surface area contributed by atoms with E-state index >= 15 is 0 Å². The van der Waals surface area contributed by atoms with Crippen molar-refractivity contribution in [3.05, 3.63) is 30.3 Å². The summed E-state index contributed by atoms with van der Waals surface area (Å²) in [6.07, 6.45) is 0. The van der Waals surface area contributed by atoms with Crippen molar-refractivity contribution in [2.45, 2.75) is 0 Å². The Balaban J connectivity index is 2.76. The van der Waals surface area contributed by atoms with E-state index < -0.39 is 0 Å². The average molecular weight is 203 g/mol. The first kappa shape index (κ1) is 12.2. The van der Waals surface area contributed by atoms with Crippen molar-refractivity contribution in [2.75, 3.05) is 0 Å².